The van der Waals surface area contributed by atoms with Gasteiger partial charge in [-0.1, -0.05) is 43.2 Å². The molecule has 1 aliphatic rings. The Kier molecular flexibility index (Phi) is 8.07. The van der Waals surface area contributed by atoms with Crippen LogP contribution in [0.15, 0.2) is 53.4 Å². The van der Waals surface area contributed by atoms with Crippen LogP contribution in [0.5, 0.6) is 0 Å². The lowest BCUT2D eigenvalue weighted by Gasteiger charge is -2.22. The highest BCUT2D eigenvalue weighted by Crippen LogP contribution is 2.28. The van der Waals surface area contributed by atoms with Gasteiger partial charge in [0.05, 0.1) is 11.3 Å². The molecule has 0 aliphatic heterocycles. The maximum atomic E-state index is 12.5. The van der Waals surface area contributed by atoms with Gasteiger partial charge in [-0.3, -0.25) is 4.79 Å². The van der Waals surface area contributed by atoms with Crippen molar-refractivity contribution in [1.29, 1.82) is 0 Å². The number of carbonyl (C=O) groups excluding carboxylic acids is 2. The zero-order valence-corrected chi connectivity index (χ0v) is 17.2. The summed E-state index contributed by atoms with van der Waals surface area (Å²) in [4.78, 5) is 25.0. The van der Waals surface area contributed by atoms with Crippen molar-refractivity contribution >= 4 is 35.0 Å². The maximum Gasteiger partial charge on any atom is 0.340 e. The standard InChI is InChI=1S/C22H24F2N2O3S/c23-22(24)30-17-12-10-16(11-13-17)25-19-9-5-4-8-18(19)21(28)29-14-20(27)26-15-6-2-1-3-7-15/h4-5,8-13,15,22,25H,1-3,6-7,14H2,(H,26,27). The summed E-state index contributed by atoms with van der Waals surface area (Å²) in [5, 5.41) is 6.00. The topological polar surface area (TPSA) is 67.4 Å². The minimum atomic E-state index is -2.48. The van der Waals surface area contributed by atoms with Gasteiger partial charge in [0, 0.05) is 16.6 Å². The minimum Gasteiger partial charge on any atom is -0.452 e. The molecule has 2 aromatic rings. The van der Waals surface area contributed by atoms with Gasteiger partial charge in [-0.05, 0) is 49.2 Å². The van der Waals surface area contributed by atoms with Crippen LogP contribution in [0, 0.1) is 0 Å². The monoisotopic (exact) mass is 434 g/mol. The smallest absolute Gasteiger partial charge is 0.340 e. The molecule has 5 nitrogen and oxygen atoms in total. The summed E-state index contributed by atoms with van der Waals surface area (Å²) in [5.74, 6) is -3.39. The average molecular weight is 435 g/mol. The Morgan fingerprint density at radius 1 is 1.03 bits per heavy atom. The summed E-state index contributed by atoms with van der Waals surface area (Å²) < 4.78 is 30.1. The molecule has 0 bridgehead atoms. The van der Waals surface area contributed by atoms with E-state index in [1.54, 1.807) is 48.5 Å². The highest BCUT2D eigenvalue weighted by molar-refractivity contribution is 7.99. The molecule has 0 atom stereocenters. The van der Waals surface area contributed by atoms with Gasteiger partial charge < -0.3 is 15.4 Å². The summed E-state index contributed by atoms with van der Waals surface area (Å²) in [6.45, 7) is -0.330. The van der Waals surface area contributed by atoms with Crippen molar-refractivity contribution in [3.63, 3.8) is 0 Å². The van der Waals surface area contributed by atoms with E-state index in [1.165, 1.54) is 6.42 Å². The van der Waals surface area contributed by atoms with Crippen molar-refractivity contribution in [1.82, 2.24) is 5.32 Å². The molecule has 0 spiro atoms. The van der Waals surface area contributed by atoms with Crippen LogP contribution >= 0.6 is 11.8 Å². The number of hydrogen-bond donors (Lipinski definition) is 2. The normalized spacial score (nSPS) is 14.4. The lowest BCUT2D eigenvalue weighted by atomic mass is 9.95. The second kappa shape index (κ2) is 11.0. The van der Waals surface area contributed by atoms with Crippen molar-refractivity contribution in [2.45, 2.75) is 48.8 Å². The first-order valence-electron chi connectivity index (χ1n) is 9.88. The molecular weight excluding hydrogens is 410 g/mol. The molecule has 2 N–H and O–H groups in total. The predicted octanol–water partition coefficient (Wildman–Crippen LogP) is 5.35. The third kappa shape index (κ3) is 6.73. The number of ether oxygens (including phenoxy) is 1. The number of benzene rings is 2. The van der Waals surface area contributed by atoms with Crippen LogP contribution in [0.1, 0.15) is 42.5 Å². The van der Waals surface area contributed by atoms with Crippen LogP contribution in [-0.4, -0.2) is 30.3 Å². The minimum absolute atomic E-state index is 0.158. The summed E-state index contributed by atoms with van der Waals surface area (Å²) in [6.07, 6.45) is 5.32. The van der Waals surface area contributed by atoms with Gasteiger partial charge in [-0.15, -0.1) is 0 Å². The van der Waals surface area contributed by atoms with Gasteiger partial charge >= 0.3 is 5.97 Å². The molecule has 1 fully saturated rings. The Morgan fingerprint density at radius 3 is 2.43 bits per heavy atom. The van der Waals surface area contributed by atoms with E-state index in [9.17, 15) is 18.4 Å². The predicted molar refractivity (Wildman–Crippen MR) is 113 cm³/mol. The summed E-state index contributed by atoms with van der Waals surface area (Å²) in [7, 11) is 0. The van der Waals surface area contributed by atoms with Crippen LogP contribution in [0.3, 0.4) is 0 Å². The number of alkyl halides is 2. The first kappa shape index (κ1) is 22.1. The molecule has 30 heavy (non-hydrogen) atoms. The molecule has 0 heterocycles. The van der Waals surface area contributed by atoms with Crippen LogP contribution < -0.4 is 10.6 Å². The number of anilines is 2. The summed E-state index contributed by atoms with van der Waals surface area (Å²) >= 11 is 0.470. The molecule has 0 unspecified atom stereocenters. The molecule has 0 saturated heterocycles. The van der Waals surface area contributed by atoms with E-state index in [0.717, 1.165) is 25.7 Å². The number of nitrogens with one attached hydrogen (secondary N) is 2. The second-order valence-electron chi connectivity index (χ2n) is 7.05. The Balaban J connectivity index is 1.57. The van der Waals surface area contributed by atoms with E-state index in [4.69, 9.17) is 4.74 Å². The molecule has 0 radical (unpaired) electrons. The molecule has 1 amide bonds. The number of halogens is 2. The van der Waals surface area contributed by atoms with E-state index in [0.29, 0.717) is 28.0 Å². The lowest BCUT2D eigenvalue weighted by Crippen LogP contribution is -2.38. The van der Waals surface area contributed by atoms with Gasteiger partial charge in [0.15, 0.2) is 6.61 Å². The zero-order valence-electron chi connectivity index (χ0n) is 16.4. The highest BCUT2D eigenvalue weighted by Gasteiger charge is 2.18. The van der Waals surface area contributed by atoms with Crippen LogP contribution in [-0.2, 0) is 9.53 Å². The van der Waals surface area contributed by atoms with Gasteiger partial charge in [0.1, 0.15) is 0 Å². The number of amides is 1. The lowest BCUT2D eigenvalue weighted by molar-refractivity contribution is -0.125. The molecule has 0 aromatic heterocycles. The van der Waals surface area contributed by atoms with E-state index in [2.05, 4.69) is 10.6 Å². The van der Waals surface area contributed by atoms with E-state index in [-0.39, 0.29) is 24.1 Å². The molecular formula is C22H24F2N2O3S. The van der Waals surface area contributed by atoms with Gasteiger partial charge in [0.25, 0.3) is 11.7 Å². The van der Waals surface area contributed by atoms with Crippen molar-refractivity contribution in [2.75, 3.05) is 11.9 Å². The maximum absolute atomic E-state index is 12.5. The number of para-hydroxylation sites is 1. The third-order valence-corrected chi connectivity index (χ3v) is 5.53. The fourth-order valence-corrected chi connectivity index (χ4v) is 3.87. The third-order valence-electron chi connectivity index (χ3n) is 4.81. The van der Waals surface area contributed by atoms with Gasteiger partial charge in [-0.25, -0.2) is 4.79 Å². The SMILES string of the molecule is O=C(COC(=O)c1ccccc1Nc1ccc(SC(F)F)cc1)NC1CCCCC1. The molecule has 1 aliphatic carbocycles. The van der Waals surface area contributed by atoms with Crippen molar-refractivity contribution in [2.24, 2.45) is 0 Å². The number of hydrogen-bond acceptors (Lipinski definition) is 5. The first-order chi connectivity index (χ1) is 14.5. The van der Waals surface area contributed by atoms with Gasteiger partial charge in [-0.2, -0.15) is 8.78 Å². The quantitative estimate of drug-likeness (QED) is 0.433. The van der Waals surface area contributed by atoms with Gasteiger partial charge in [0.2, 0.25) is 0 Å². The zero-order chi connectivity index (χ0) is 21.3. The second-order valence-corrected chi connectivity index (χ2v) is 8.12. The average Bonchev–Trinajstić information content (AvgIpc) is 2.74. The molecule has 8 heteroatoms. The van der Waals surface area contributed by atoms with E-state index in [1.807, 2.05) is 0 Å². The van der Waals surface area contributed by atoms with E-state index < -0.39 is 11.7 Å². The fourth-order valence-electron chi connectivity index (χ4n) is 3.37. The van der Waals surface area contributed by atoms with Crippen molar-refractivity contribution in [3.05, 3.63) is 54.1 Å². The van der Waals surface area contributed by atoms with Crippen LogP contribution in [0.2, 0.25) is 0 Å². The number of thioether (sulfide) groups is 1. The highest BCUT2D eigenvalue weighted by atomic mass is 32.2. The largest absolute Gasteiger partial charge is 0.452 e. The molecule has 1 saturated carbocycles. The Labute approximate surface area is 178 Å². The molecule has 2 aromatic carbocycles. The summed E-state index contributed by atoms with van der Waals surface area (Å²) in [6, 6.07) is 13.4. The molecule has 160 valence electrons. The number of rotatable bonds is 8. The Morgan fingerprint density at radius 2 is 1.73 bits per heavy atom. The molecule has 3 rings (SSSR count). The fraction of sp³-hybridized carbons (Fsp3) is 0.364. The number of carbonyl (C=O) groups is 2. The van der Waals surface area contributed by atoms with E-state index >= 15 is 0 Å². The van der Waals surface area contributed by atoms with Crippen LogP contribution in [0.4, 0.5) is 20.2 Å². The van der Waals surface area contributed by atoms with Crippen molar-refractivity contribution in [3.8, 4) is 0 Å². The first-order valence-corrected chi connectivity index (χ1v) is 10.8. The number of esters is 1. The Hall–Kier alpha value is -2.61. The Bertz CT molecular complexity index is 856. The summed E-state index contributed by atoms with van der Waals surface area (Å²) in [5.41, 5.74) is 1.43. The van der Waals surface area contributed by atoms with Crippen molar-refractivity contribution < 1.29 is 23.1 Å². The van der Waals surface area contributed by atoms with Crippen LogP contribution in [0.25, 0.3) is 0 Å².